The zero-order valence-corrected chi connectivity index (χ0v) is 12.5. The number of piperidine rings is 1. The molecule has 0 aromatic heterocycles. The highest BCUT2D eigenvalue weighted by Crippen LogP contribution is 2.48. The summed E-state index contributed by atoms with van der Waals surface area (Å²) in [4.78, 5) is 25.3. The maximum absolute atomic E-state index is 12.7. The smallest absolute Gasteiger partial charge is 0.303 e. The van der Waals surface area contributed by atoms with E-state index in [1.165, 1.54) is 12.8 Å². The third-order valence-corrected chi connectivity index (χ3v) is 5.96. The molecule has 5 heteroatoms. The van der Waals surface area contributed by atoms with Crippen molar-refractivity contribution in [3.63, 3.8) is 0 Å². The fourth-order valence-corrected chi connectivity index (χ4v) is 4.68. The summed E-state index contributed by atoms with van der Waals surface area (Å²) in [5, 5.41) is 8.74. The lowest BCUT2D eigenvalue weighted by atomic mass is 9.83. The lowest BCUT2D eigenvalue weighted by Gasteiger charge is -2.37. The van der Waals surface area contributed by atoms with Gasteiger partial charge in [-0.1, -0.05) is 0 Å². The summed E-state index contributed by atoms with van der Waals surface area (Å²) in [6.45, 7) is 1.56. The highest BCUT2D eigenvalue weighted by molar-refractivity contribution is 5.80. The second-order valence-electron chi connectivity index (χ2n) is 7.14. The van der Waals surface area contributed by atoms with Crippen molar-refractivity contribution in [3.05, 3.63) is 0 Å². The molecule has 3 fully saturated rings. The minimum atomic E-state index is -0.721. The van der Waals surface area contributed by atoms with E-state index < -0.39 is 5.97 Å². The largest absolute Gasteiger partial charge is 0.481 e. The van der Waals surface area contributed by atoms with Crippen LogP contribution < -0.4 is 5.73 Å². The molecule has 21 heavy (non-hydrogen) atoms. The summed E-state index contributed by atoms with van der Waals surface area (Å²) in [5.74, 6) is 1.14. The van der Waals surface area contributed by atoms with Crippen LogP contribution in [0.4, 0.5) is 0 Å². The Morgan fingerprint density at radius 3 is 2.33 bits per heavy atom. The molecule has 3 rings (SSSR count). The van der Waals surface area contributed by atoms with E-state index in [0.717, 1.165) is 38.8 Å². The normalized spacial score (nSPS) is 36.1. The van der Waals surface area contributed by atoms with Gasteiger partial charge in [0.1, 0.15) is 0 Å². The summed E-state index contributed by atoms with van der Waals surface area (Å²) in [6, 6.07) is 0.0704. The average Bonchev–Trinajstić information content (AvgIpc) is 3.06. The predicted octanol–water partition coefficient (Wildman–Crippen LogP) is 1.46. The molecule has 0 spiro atoms. The molecule has 0 radical (unpaired) electrons. The number of carbonyl (C=O) groups is 2. The first-order valence-corrected chi connectivity index (χ1v) is 8.32. The van der Waals surface area contributed by atoms with Crippen molar-refractivity contribution in [1.82, 2.24) is 4.90 Å². The Balaban J connectivity index is 1.50. The van der Waals surface area contributed by atoms with E-state index in [9.17, 15) is 9.59 Å². The van der Waals surface area contributed by atoms with E-state index in [0.29, 0.717) is 17.8 Å². The van der Waals surface area contributed by atoms with Crippen molar-refractivity contribution in [3.8, 4) is 0 Å². The predicted molar refractivity (Wildman–Crippen MR) is 78.5 cm³/mol. The minimum absolute atomic E-state index is 0.0549. The molecule has 2 bridgehead atoms. The molecule has 1 saturated heterocycles. The van der Waals surface area contributed by atoms with Crippen LogP contribution in [0.5, 0.6) is 0 Å². The zero-order chi connectivity index (χ0) is 15.0. The molecule has 1 amide bonds. The second-order valence-corrected chi connectivity index (χ2v) is 7.14. The Labute approximate surface area is 125 Å². The van der Waals surface area contributed by atoms with E-state index in [4.69, 9.17) is 10.8 Å². The summed E-state index contributed by atoms with van der Waals surface area (Å²) >= 11 is 0. The van der Waals surface area contributed by atoms with E-state index in [-0.39, 0.29) is 24.3 Å². The number of nitrogens with two attached hydrogens (primary N) is 1. The van der Waals surface area contributed by atoms with E-state index in [1.807, 2.05) is 4.90 Å². The molecule has 2 saturated carbocycles. The van der Waals surface area contributed by atoms with Crippen molar-refractivity contribution < 1.29 is 14.7 Å². The van der Waals surface area contributed by atoms with E-state index in [1.54, 1.807) is 0 Å². The molecule has 3 N–H and O–H groups in total. The molecule has 1 aliphatic heterocycles. The maximum atomic E-state index is 12.7. The standard InChI is InChI=1S/C16H26N2O3/c17-15-12-3-2-11(9-12)14(15)16(21)18-7-5-10(6-8-18)1-4-13(19)20/h10-12,14-15H,1-9,17H2,(H,19,20). The number of aliphatic carboxylic acids is 1. The van der Waals surface area contributed by atoms with Gasteiger partial charge in [-0.3, -0.25) is 9.59 Å². The molecule has 1 heterocycles. The molecule has 118 valence electrons. The second kappa shape index (κ2) is 5.95. The molecule has 4 unspecified atom stereocenters. The topological polar surface area (TPSA) is 83.6 Å². The summed E-state index contributed by atoms with van der Waals surface area (Å²) in [5.41, 5.74) is 6.27. The summed E-state index contributed by atoms with van der Waals surface area (Å²) in [7, 11) is 0. The Hall–Kier alpha value is -1.10. The van der Waals surface area contributed by atoms with Gasteiger partial charge < -0.3 is 15.7 Å². The Morgan fingerprint density at radius 2 is 1.76 bits per heavy atom. The van der Waals surface area contributed by atoms with Crippen LogP contribution in [0, 0.1) is 23.7 Å². The number of nitrogens with zero attached hydrogens (tertiary/aromatic N) is 1. The number of carbonyl (C=O) groups excluding carboxylic acids is 1. The quantitative estimate of drug-likeness (QED) is 0.822. The first kappa shape index (κ1) is 14.8. The van der Waals surface area contributed by atoms with Crippen molar-refractivity contribution in [2.75, 3.05) is 13.1 Å². The minimum Gasteiger partial charge on any atom is -0.481 e. The molecule has 4 atom stereocenters. The highest BCUT2D eigenvalue weighted by Gasteiger charge is 2.50. The SMILES string of the molecule is NC1C2CCC(C2)C1C(=O)N1CCC(CCC(=O)O)CC1. The van der Waals surface area contributed by atoms with Gasteiger partial charge >= 0.3 is 5.97 Å². The van der Waals surface area contributed by atoms with Gasteiger partial charge in [-0.25, -0.2) is 0 Å². The number of likely N-dealkylation sites (tertiary alicyclic amines) is 1. The van der Waals surface area contributed by atoms with Crippen LogP contribution in [0.1, 0.15) is 44.9 Å². The molecular formula is C16H26N2O3. The zero-order valence-electron chi connectivity index (χ0n) is 12.5. The molecule has 5 nitrogen and oxygen atoms in total. The van der Waals surface area contributed by atoms with Gasteiger partial charge in [0.15, 0.2) is 0 Å². The number of hydrogen-bond donors (Lipinski definition) is 2. The van der Waals surface area contributed by atoms with Crippen LogP contribution in [0.15, 0.2) is 0 Å². The third kappa shape index (κ3) is 2.93. The fourth-order valence-electron chi connectivity index (χ4n) is 4.68. The Kier molecular flexibility index (Phi) is 4.20. The van der Waals surface area contributed by atoms with E-state index >= 15 is 0 Å². The number of hydrogen-bond acceptors (Lipinski definition) is 3. The van der Waals surface area contributed by atoms with Crippen molar-refractivity contribution in [1.29, 1.82) is 0 Å². The van der Waals surface area contributed by atoms with Gasteiger partial charge in [-0.05, 0) is 56.3 Å². The van der Waals surface area contributed by atoms with E-state index in [2.05, 4.69) is 0 Å². The van der Waals surface area contributed by atoms with Crippen LogP contribution in [0.25, 0.3) is 0 Å². The molecular weight excluding hydrogens is 268 g/mol. The van der Waals surface area contributed by atoms with Gasteiger partial charge in [0.25, 0.3) is 0 Å². The number of amides is 1. The van der Waals surface area contributed by atoms with Crippen molar-refractivity contribution >= 4 is 11.9 Å². The molecule has 2 aliphatic carbocycles. The highest BCUT2D eigenvalue weighted by atomic mass is 16.4. The van der Waals surface area contributed by atoms with Crippen molar-refractivity contribution in [2.24, 2.45) is 29.4 Å². The van der Waals surface area contributed by atoms with Crippen LogP contribution in [-0.2, 0) is 9.59 Å². The van der Waals surface area contributed by atoms with Crippen LogP contribution in [-0.4, -0.2) is 41.0 Å². The number of rotatable bonds is 4. The Bertz CT molecular complexity index is 416. The lowest BCUT2D eigenvalue weighted by Crippen LogP contribution is -2.49. The van der Waals surface area contributed by atoms with Gasteiger partial charge in [0.05, 0.1) is 5.92 Å². The van der Waals surface area contributed by atoms with Crippen LogP contribution in [0.3, 0.4) is 0 Å². The first-order valence-electron chi connectivity index (χ1n) is 8.32. The molecule has 3 aliphatic rings. The monoisotopic (exact) mass is 294 g/mol. The van der Waals surface area contributed by atoms with Crippen LogP contribution in [0.2, 0.25) is 0 Å². The summed E-state index contributed by atoms with van der Waals surface area (Å²) < 4.78 is 0. The lowest BCUT2D eigenvalue weighted by molar-refractivity contribution is -0.140. The van der Waals surface area contributed by atoms with Gasteiger partial charge in [-0.15, -0.1) is 0 Å². The van der Waals surface area contributed by atoms with Gasteiger partial charge in [0, 0.05) is 25.6 Å². The number of carboxylic acids is 1. The fraction of sp³-hybridized carbons (Fsp3) is 0.875. The maximum Gasteiger partial charge on any atom is 0.303 e. The van der Waals surface area contributed by atoms with Crippen LogP contribution >= 0.6 is 0 Å². The molecule has 0 aromatic rings. The average molecular weight is 294 g/mol. The summed E-state index contributed by atoms with van der Waals surface area (Å²) in [6.07, 6.45) is 6.38. The first-order chi connectivity index (χ1) is 10.1. The Morgan fingerprint density at radius 1 is 1.10 bits per heavy atom. The molecule has 0 aromatic carbocycles. The van der Waals surface area contributed by atoms with Gasteiger partial charge in [0.2, 0.25) is 5.91 Å². The third-order valence-electron chi connectivity index (χ3n) is 5.96. The van der Waals surface area contributed by atoms with Gasteiger partial charge in [-0.2, -0.15) is 0 Å². The number of fused-ring (bicyclic) bond motifs is 2. The number of carboxylic acid groups (broad SMARTS) is 1. The van der Waals surface area contributed by atoms with Crippen molar-refractivity contribution in [2.45, 2.75) is 51.0 Å².